The van der Waals surface area contributed by atoms with Gasteiger partial charge in [-0.3, -0.25) is 4.79 Å². The van der Waals surface area contributed by atoms with Gasteiger partial charge in [0.15, 0.2) is 0 Å². The normalized spacial score (nSPS) is 10.2. The molecule has 100 valence electrons. The average molecular weight is 251 g/mol. The van der Waals surface area contributed by atoms with Crippen LogP contribution < -0.4 is 21.1 Å². The Bertz CT molecular complexity index is 405. The molecule has 1 amide bonds. The molecule has 0 bridgehead atoms. The second kappa shape index (κ2) is 6.74. The van der Waals surface area contributed by atoms with Crippen molar-refractivity contribution >= 4 is 17.3 Å². The zero-order valence-corrected chi connectivity index (χ0v) is 11.1. The van der Waals surface area contributed by atoms with Crippen molar-refractivity contribution in [1.82, 2.24) is 5.32 Å². The molecule has 0 aliphatic heterocycles. The minimum atomic E-state index is -0.0419. The van der Waals surface area contributed by atoms with Gasteiger partial charge >= 0.3 is 0 Å². The molecule has 0 radical (unpaired) electrons. The molecule has 5 heteroatoms. The molecule has 18 heavy (non-hydrogen) atoms. The highest BCUT2D eigenvalue weighted by Gasteiger charge is 2.05. The van der Waals surface area contributed by atoms with Crippen LogP contribution in [0.25, 0.3) is 0 Å². The van der Waals surface area contributed by atoms with E-state index in [1.165, 1.54) is 0 Å². The number of nitrogen functional groups attached to an aromatic ring is 1. The van der Waals surface area contributed by atoms with Crippen LogP contribution >= 0.6 is 0 Å². The summed E-state index contributed by atoms with van der Waals surface area (Å²) in [7, 11) is 0. The van der Waals surface area contributed by atoms with Crippen LogP contribution in [0.2, 0.25) is 0 Å². The molecular formula is C13H21N3O2. The number of benzene rings is 1. The van der Waals surface area contributed by atoms with E-state index < -0.39 is 0 Å². The highest BCUT2D eigenvalue weighted by molar-refractivity contribution is 5.81. The van der Waals surface area contributed by atoms with E-state index in [1.807, 2.05) is 26.8 Å². The molecular weight excluding hydrogens is 230 g/mol. The third-order valence-corrected chi connectivity index (χ3v) is 2.22. The molecule has 0 atom stereocenters. The maximum absolute atomic E-state index is 11.5. The number of nitrogens with one attached hydrogen (secondary N) is 2. The van der Waals surface area contributed by atoms with Crippen LogP contribution in [0.5, 0.6) is 5.75 Å². The molecule has 0 saturated carbocycles. The molecule has 1 aromatic rings. The Morgan fingerprint density at radius 3 is 2.78 bits per heavy atom. The summed E-state index contributed by atoms with van der Waals surface area (Å²) in [5, 5.41) is 5.83. The lowest BCUT2D eigenvalue weighted by Crippen LogP contribution is -2.34. The fraction of sp³-hybridized carbons (Fsp3) is 0.462. The summed E-state index contributed by atoms with van der Waals surface area (Å²) in [5.74, 6) is 0.589. The molecule has 0 heterocycles. The predicted octanol–water partition coefficient (Wildman–Crippen LogP) is 1.60. The average Bonchev–Trinajstić information content (AvgIpc) is 2.29. The number of rotatable bonds is 6. The number of nitrogens with two attached hydrogens (primary N) is 1. The highest BCUT2D eigenvalue weighted by Crippen LogP contribution is 2.25. The minimum Gasteiger partial charge on any atom is -0.492 e. The van der Waals surface area contributed by atoms with Crippen molar-refractivity contribution in [2.45, 2.75) is 26.8 Å². The molecule has 0 aliphatic carbocycles. The van der Waals surface area contributed by atoms with Crippen molar-refractivity contribution in [1.29, 1.82) is 0 Å². The molecule has 0 saturated heterocycles. The first-order valence-corrected chi connectivity index (χ1v) is 6.08. The summed E-state index contributed by atoms with van der Waals surface area (Å²) in [4.78, 5) is 11.5. The smallest absolute Gasteiger partial charge is 0.239 e. The molecule has 4 N–H and O–H groups in total. The second-order valence-electron chi connectivity index (χ2n) is 4.26. The maximum Gasteiger partial charge on any atom is 0.239 e. The van der Waals surface area contributed by atoms with E-state index >= 15 is 0 Å². The zero-order chi connectivity index (χ0) is 13.5. The van der Waals surface area contributed by atoms with E-state index in [4.69, 9.17) is 10.5 Å². The van der Waals surface area contributed by atoms with Crippen LogP contribution in [0.15, 0.2) is 18.2 Å². The van der Waals surface area contributed by atoms with E-state index in [0.29, 0.717) is 18.0 Å². The monoisotopic (exact) mass is 251 g/mol. The van der Waals surface area contributed by atoms with Crippen LogP contribution in [0.3, 0.4) is 0 Å². The molecule has 1 aromatic carbocycles. The lowest BCUT2D eigenvalue weighted by molar-refractivity contribution is -0.119. The number of amides is 1. The van der Waals surface area contributed by atoms with E-state index in [1.54, 1.807) is 12.1 Å². The highest BCUT2D eigenvalue weighted by atomic mass is 16.5. The van der Waals surface area contributed by atoms with Crippen LogP contribution in [0, 0.1) is 0 Å². The standard InChI is InChI=1S/C13H21N3O2/c1-4-18-12-7-10(5-6-11(12)14)15-8-13(17)16-9(2)3/h5-7,9,15H,4,8,14H2,1-3H3,(H,16,17). The third kappa shape index (κ3) is 4.53. The zero-order valence-electron chi connectivity index (χ0n) is 11.1. The maximum atomic E-state index is 11.5. The van der Waals surface area contributed by atoms with Crippen LogP contribution in [0.4, 0.5) is 11.4 Å². The van der Waals surface area contributed by atoms with Gasteiger partial charge in [0.1, 0.15) is 5.75 Å². The second-order valence-corrected chi connectivity index (χ2v) is 4.26. The van der Waals surface area contributed by atoms with Crippen LogP contribution in [-0.4, -0.2) is 25.1 Å². The summed E-state index contributed by atoms with van der Waals surface area (Å²) in [5.41, 5.74) is 7.17. The predicted molar refractivity (Wildman–Crippen MR) is 73.8 cm³/mol. The summed E-state index contributed by atoms with van der Waals surface area (Å²) in [6.45, 7) is 6.54. The first kappa shape index (κ1) is 14.2. The lowest BCUT2D eigenvalue weighted by Gasteiger charge is -2.12. The van der Waals surface area contributed by atoms with Crippen LogP contribution in [-0.2, 0) is 4.79 Å². The van der Waals surface area contributed by atoms with Crippen molar-refractivity contribution < 1.29 is 9.53 Å². The summed E-state index contributed by atoms with van der Waals surface area (Å²) >= 11 is 0. The van der Waals surface area contributed by atoms with Gasteiger partial charge in [0.05, 0.1) is 18.8 Å². The molecule has 5 nitrogen and oxygen atoms in total. The minimum absolute atomic E-state index is 0.0419. The van der Waals surface area contributed by atoms with E-state index in [-0.39, 0.29) is 18.5 Å². The number of carbonyl (C=O) groups is 1. The van der Waals surface area contributed by atoms with Gasteiger partial charge in [-0.05, 0) is 32.9 Å². The first-order chi connectivity index (χ1) is 8.52. The van der Waals surface area contributed by atoms with Crippen molar-refractivity contribution in [3.8, 4) is 5.75 Å². The Morgan fingerprint density at radius 2 is 2.17 bits per heavy atom. The topological polar surface area (TPSA) is 76.4 Å². The molecule has 0 fully saturated rings. The van der Waals surface area contributed by atoms with Gasteiger partial charge in [-0.1, -0.05) is 0 Å². The Balaban J connectivity index is 2.57. The quantitative estimate of drug-likeness (QED) is 0.671. The molecule has 0 aromatic heterocycles. The molecule has 1 rings (SSSR count). The van der Waals surface area contributed by atoms with Gasteiger partial charge in [-0.2, -0.15) is 0 Å². The van der Waals surface area contributed by atoms with Crippen molar-refractivity contribution in [3.05, 3.63) is 18.2 Å². The molecule has 0 unspecified atom stereocenters. The van der Waals surface area contributed by atoms with Gasteiger partial charge < -0.3 is 21.1 Å². The SMILES string of the molecule is CCOc1cc(NCC(=O)NC(C)C)ccc1N. The van der Waals surface area contributed by atoms with Gasteiger partial charge in [0, 0.05) is 17.8 Å². The van der Waals surface area contributed by atoms with Gasteiger partial charge in [0.25, 0.3) is 0 Å². The summed E-state index contributed by atoms with van der Waals surface area (Å²) < 4.78 is 5.38. The number of carbonyl (C=O) groups excluding carboxylic acids is 1. The molecule has 0 spiro atoms. The van der Waals surface area contributed by atoms with Gasteiger partial charge in [-0.25, -0.2) is 0 Å². The Kier molecular flexibility index (Phi) is 5.30. The van der Waals surface area contributed by atoms with E-state index in [9.17, 15) is 4.79 Å². The summed E-state index contributed by atoms with van der Waals surface area (Å²) in [6.07, 6.45) is 0. The lowest BCUT2D eigenvalue weighted by atomic mass is 10.2. The first-order valence-electron chi connectivity index (χ1n) is 6.08. The Labute approximate surface area is 108 Å². The molecule has 0 aliphatic rings. The van der Waals surface area contributed by atoms with Gasteiger partial charge in [-0.15, -0.1) is 0 Å². The van der Waals surface area contributed by atoms with Crippen LogP contribution in [0.1, 0.15) is 20.8 Å². The Hall–Kier alpha value is -1.91. The third-order valence-electron chi connectivity index (χ3n) is 2.22. The largest absolute Gasteiger partial charge is 0.492 e. The van der Waals surface area contributed by atoms with E-state index in [2.05, 4.69) is 10.6 Å². The van der Waals surface area contributed by atoms with Crippen molar-refractivity contribution in [2.75, 3.05) is 24.2 Å². The fourth-order valence-electron chi connectivity index (χ4n) is 1.48. The van der Waals surface area contributed by atoms with Crippen molar-refractivity contribution in [3.63, 3.8) is 0 Å². The van der Waals surface area contributed by atoms with Gasteiger partial charge in [0.2, 0.25) is 5.91 Å². The van der Waals surface area contributed by atoms with Crippen molar-refractivity contribution in [2.24, 2.45) is 0 Å². The summed E-state index contributed by atoms with van der Waals surface area (Å²) in [6, 6.07) is 5.51. The Morgan fingerprint density at radius 1 is 1.44 bits per heavy atom. The number of hydrogen-bond acceptors (Lipinski definition) is 4. The fourth-order valence-corrected chi connectivity index (χ4v) is 1.48. The number of ether oxygens (including phenoxy) is 1. The van der Waals surface area contributed by atoms with E-state index in [0.717, 1.165) is 5.69 Å². The number of anilines is 2. The number of hydrogen-bond donors (Lipinski definition) is 3.